The van der Waals surface area contributed by atoms with E-state index in [1.54, 1.807) is 6.20 Å². The van der Waals surface area contributed by atoms with E-state index < -0.39 is 6.04 Å². The van der Waals surface area contributed by atoms with Crippen LogP contribution in [0.15, 0.2) is 6.20 Å². The van der Waals surface area contributed by atoms with Crippen molar-refractivity contribution in [2.45, 2.75) is 50.7 Å². The van der Waals surface area contributed by atoms with Crippen LogP contribution >= 0.6 is 0 Å². The van der Waals surface area contributed by atoms with Crippen molar-refractivity contribution in [3.8, 4) is 0 Å². The second-order valence-corrected chi connectivity index (χ2v) is 5.09. The summed E-state index contributed by atoms with van der Waals surface area (Å²) in [7, 11) is 1.37. The zero-order valence-corrected chi connectivity index (χ0v) is 11.8. The molecule has 0 spiro atoms. The van der Waals surface area contributed by atoms with Gasteiger partial charge in [-0.1, -0.05) is 24.5 Å². The van der Waals surface area contributed by atoms with Crippen LogP contribution < -0.4 is 5.32 Å². The Morgan fingerprint density at radius 3 is 2.95 bits per heavy atom. The van der Waals surface area contributed by atoms with Gasteiger partial charge in [-0.2, -0.15) is 0 Å². The van der Waals surface area contributed by atoms with E-state index in [9.17, 15) is 4.79 Å². The molecule has 20 heavy (non-hydrogen) atoms. The van der Waals surface area contributed by atoms with Crippen molar-refractivity contribution in [1.29, 1.82) is 0 Å². The standard InChI is InChI=1S/C13H22N4O3/c1-20-13(19)12(14-10-5-3-2-4-6-10)11-9-17(7-8-18)16-15-11/h9-10,12,14,18H,2-8H2,1H3. The molecule has 1 aliphatic carbocycles. The largest absolute Gasteiger partial charge is 0.468 e. The lowest BCUT2D eigenvalue weighted by atomic mass is 9.94. The van der Waals surface area contributed by atoms with Crippen molar-refractivity contribution in [3.63, 3.8) is 0 Å². The predicted octanol–water partition coefficient (Wildman–Crippen LogP) is 0.407. The Hall–Kier alpha value is -1.47. The van der Waals surface area contributed by atoms with E-state index in [4.69, 9.17) is 9.84 Å². The molecule has 1 aliphatic rings. The number of nitrogens with one attached hydrogen (secondary N) is 1. The van der Waals surface area contributed by atoms with Gasteiger partial charge in [-0.3, -0.25) is 5.32 Å². The number of hydrogen-bond donors (Lipinski definition) is 2. The fraction of sp³-hybridized carbons (Fsp3) is 0.769. The third-order valence-electron chi connectivity index (χ3n) is 3.63. The molecule has 1 aromatic heterocycles. The maximum atomic E-state index is 11.9. The van der Waals surface area contributed by atoms with E-state index in [0.29, 0.717) is 18.3 Å². The number of esters is 1. The van der Waals surface area contributed by atoms with E-state index in [0.717, 1.165) is 12.8 Å². The first-order valence-corrected chi connectivity index (χ1v) is 7.09. The summed E-state index contributed by atoms with van der Waals surface area (Å²) in [5, 5.41) is 20.1. The van der Waals surface area contributed by atoms with E-state index in [2.05, 4.69) is 15.6 Å². The van der Waals surface area contributed by atoms with Crippen LogP contribution in [0, 0.1) is 0 Å². The van der Waals surface area contributed by atoms with E-state index >= 15 is 0 Å². The Bertz CT molecular complexity index is 429. The summed E-state index contributed by atoms with van der Waals surface area (Å²) in [5.74, 6) is -0.355. The molecule has 0 aromatic carbocycles. The lowest BCUT2D eigenvalue weighted by Crippen LogP contribution is -2.39. The van der Waals surface area contributed by atoms with Gasteiger partial charge in [0.05, 0.1) is 26.5 Å². The average molecular weight is 282 g/mol. The van der Waals surface area contributed by atoms with Crippen LogP contribution in [-0.2, 0) is 16.1 Å². The second-order valence-electron chi connectivity index (χ2n) is 5.09. The van der Waals surface area contributed by atoms with Crippen LogP contribution in [0.5, 0.6) is 0 Å². The van der Waals surface area contributed by atoms with Gasteiger partial charge in [0.2, 0.25) is 0 Å². The summed E-state index contributed by atoms with van der Waals surface area (Å²) in [5.41, 5.74) is 0.538. The van der Waals surface area contributed by atoms with Gasteiger partial charge in [0, 0.05) is 6.04 Å². The minimum atomic E-state index is -0.587. The lowest BCUT2D eigenvalue weighted by Gasteiger charge is -2.26. The molecular formula is C13H22N4O3. The van der Waals surface area contributed by atoms with Crippen LogP contribution in [0.4, 0.5) is 0 Å². The molecule has 1 saturated carbocycles. The van der Waals surface area contributed by atoms with Crippen molar-refractivity contribution in [2.24, 2.45) is 0 Å². The summed E-state index contributed by atoms with van der Waals surface area (Å²) in [6.45, 7) is 0.353. The van der Waals surface area contributed by atoms with Crippen molar-refractivity contribution in [3.05, 3.63) is 11.9 Å². The molecule has 0 aliphatic heterocycles. The highest BCUT2D eigenvalue weighted by Crippen LogP contribution is 2.21. The van der Waals surface area contributed by atoms with Crippen LogP contribution in [0.1, 0.15) is 43.8 Å². The van der Waals surface area contributed by atoms with Crippen LogP contribution in [0.2, 0.25) is 0 Å². The Morgan fingerprint density at radius 2 is 2.30 bits per heavy atom. The molecule has 1 unspecified atom stereocenters. The number of hydrogen-bond acceptors (Lipinski definition) is 6. The number of carbonyl (C=O) groups is 1. The molecule has 1 heterocycles. The highest BCUT2D eigenvalue weighted by Gasteiger charge is 2.28. The maximum Gasteiger partial charge on any atom is 0.329 e. The average Bonchev–Trinajstić information content (AvgIpc) is 2.94. The van der Waals surface area contributed by atoms with Gasteiger partial charge in [0.1, 0.15) is 5.69 Å². The molecule has 0 amide bonds. The number of nitrogens with zero attached hydrogens (tertiary/aromatic N) is 3. The van der Waals surface area contributed by atoms with E-state index in [1.807, 2.05) is 0 Å². The van der Waals surface area contributed by atoms with Crippen LogP contribution in [0.25, 0.3) is 0 Å². The maximum absolute atomic E-state index is 11.9. The van der Waals surface area contributed by atoms with Crippen molar-refractivity contribution < 1.29 is 14.6 Å². The molecule has 1 fully saturated rings. The number of ether oxygens (including phenoxy) is 1. The number of aliphatic hydroxyl groups is 1. The van der Waals surface area contributed by atoms with Gasteiger partial charge in [0.25, 0.3) is 0 Å². The molecule has 1 aromatic rings. The molecule has 7 heteroatoms. The lowest BCUT2D eigenvalue weighted by molar-refractivity contribution is -0.143. The fourth-order valence-electron chi connectivity index (χ4n) is 2.55. The first-order valence-electron chi connectivity index (χ1n) is 7.09. The molecule has 1 atom stereocenters. The fourth-order valence-corrected chi connectivity index (χ4v) is 2.55. The number of rotatable bonds is 6. The SMILES string of the molecule is COC(=O)C(NC1CCCCC1)c1cn(CCO)nn1. The monoisotopic (exact) mass is 282 g/mol. The molecule has 2 rings (SSSR count). The summed E-state index contributed by atoms with van der Waals surface area (Å²) >= 11 is 0. The predicted molar refractivity (Wildman–Crippen MR) is 71.9 cm³/mol. The topological polar surface area (TPSA) is 89.3 Å². The normalized spacial score (nSPS) is 17.9. The third-order valence-corrected chi connectivity index (χ3v) is 3.63. The number of aromatic nitrogens is 3. The second kappa shape index (κ2) is 7.35. The highest BCUT2D eigenvalue weighted by molar-refractivity contribution is 5.76. The third kappa shape index (κ3) is 3.77. The Kier molecular flexibility index (Phi) is 5.49. The summed E-state index contributed by atoms with van der Waals surface area (Å²) in [6.07, 6.45) is 7.43. The van der Waals surface area contributed by atoms with Crippen molar-refractivity contribution in [1.82, 2.24) is 20.3 Å². The molecule has 7 nitrogen and oxygen atoms in total. The summed E-state index contributed by atoms with van der Waals surface area (Å²) < 4.78 is 6.37. The Labute approximate surface area is 118 Å². The van der Waals surface area contributed by atoms with Gasteiger partial charge < -0.3 is 9.84 Å². The number of carbonyl (C=O) groups excluding carboxylic acids is 1. The first kappa shape index (κ1) is 14.9. The molecule has 112 valence electrons. The highest BCUT2D eigenvalue weighted by atomic mass is 16.5. The molecule has 0 bridgehead atoms. The summed E-state index contributed by atoms with van der Waals surface area (Å²) in [6, 6.07) is -0.272. The van der Waals surface area contributed by atoms with Crippen molar-refractivity contribution >= 4 is 5.97 Å². The van der Waals surface area contributed by atoms with E-state index in [-0.39, 0.29) is 12.6 Å². The van der Waals surface area contributed by atoms with Gasteiger partial charge in [-0.25, -0.2) is 9.48 Å². The number of methoxy groups -OCH3 is 1. The molecule has 2 N–H and O–H groups in total. The summed E-state index contributed by atoms with van der Waals surface area (Å²) in [4.78, 5) is 11.9. The van der Waals surface area contributed by atoms with Gasteiger partial charge in [0.15, 0.2) is 6.04 Å². The molecule has 0 radical (unpaired) electrons. The quantitative estimate of drug-likeness (QED) is 0.734. The smallest absolute Gasteiger partial charge is 0.329 e. The van der Waals surface area contributed by atoms with Crippen LogP contribution in [-0.4, -0.2) is 45.8 Å². The zero-order chi connectivity index (χ0) is 14.4. The first-order chi connectivity index (χ1) is 9.74. The number of aliphatic hydroxyl groups excluding tert-OH is 1. The molecule has 0 saturated heterocycles. The Balaban J connectivity index is 2.07. The Morgan fingerprint density at radius 1 is 1.55 bits per heavy atom. The minimum Gasteiger partial charge on any atom is -0.468 e. The van der Waals surface area contributed by atoms with Crippen molar-refractivity contribution in [2.75, 3.05) is 13.7 Å². The van der Waals surface area contributed by atoms with Gasteiger partial charge in [-0.05, 0) is 12.8 Å². The van der Waals surface area contributed by atoms with Crippen LogP contribution in [0.3, 0.4) is 0 Å². The minimum absolute atomic E-state index is 0.0122. The van der Waals surface area contributed by atoms with Gasteiger partial charge in [-0.15, -0.1) is 5.10 Å². The van der Waals surface area contributed by atoms with E-state index in [1.165, 1.54) is 31.1 Å². The zero-order valence-electron chi connectivity index (χ0n) is 11.8. The molecular weight excluding hydrogens is 260 g/mol. The van der Waals surface area contributed by atoms with Gasteiger partial charge >= 0.3 is 5.97 Å².